The van der Waals surface area contributed by atoms with E-state index in [-0.39, 0.29) is 11.8 Å². The largest absolute Gasteiger partial charge is 0.353 e. The van der Waals surface area contributed by atoms with Crippen molar-refractivity contribution in [3.63, 3.8) is 0 Å². The first kappa shape index (κ1) is 23.9. The van der Waals surface area contributed by atoms with Gasteiger partial charge in [0.05, 0.1) is 15.8 Å². The van der Waals surface area contributed by atoms with Crippen molar-refractivity contribution in [1.29, 1.82) is 0 Å². The molecule has 0 aliphatic heterocycles. The normalized spacial score (nSPS) is 14.4. The average Bonchev–Trinajstić information content (AvgIpc) is 3.16. The number of benzene rings is 1. The highest BCUT2D eigenvalue weighted by Gasteiger charge is 2.18. The SMILES string of the molecule is CCn1c(CCNC(=O)c2ccc(Cl)c(Cl)c2)nnc1SCC(=O)NC1CCCCC1. The zero-order valence-electron chi connectivity index (χ0n) is 17.5. The minimum Gasteiger partial charge on any atom is -0.353 e. The topological polar surface area (TPSA) is 88.9 Å². The zero-order valence-corrected chi connectivity index (χ0v) is 19.8. The summed E-state index contributed by atoms with van der Waals surface area (Å²) in [5.41, 5.74) is 0.451. The number of carbonyl (C=O) groups is 2. The number of hydrogen-bond donors (Lipinski definition) is 2. The van der Waals surface area contributed by atoms with Crippen molar-refractivity contribution >= 4 is 46.8 Å². The van der Waals surface area contributed by atoms with Crippen molar-refractivity contribution in [2.75, 3.05) is 12.3 Å². The molecule has 0 radical (unpaired) electrons. The summed E-state index contributed by atoms with van der Waals surface area (Å²) in [4.78, 5) is 24.6. The maximum absolute atomic E-state index is 12.3. The molecule has 1 heterocycles. The molecule has 2 aromatic rings. The van der Waals surface area contributed by atoms with Gasteiger partial charge < -0.3 is 15.2 Å². The van der Waals surface area contributed by atoms with E-state index in [1.807, 2.05) is 11.5 Å². The number of aromatic nitrogens is 3. The average molecular weight is 484 g/mol. The van der Waals surface area contributed by atoms with Gasteiger partial charge in [-0.25, -0.2) is 0 Å². The molecule has 1 aliphatic rings. The van der Waals surface area contributed by atoms with Crippen molar-refractivity contribution in [1.82, 2.24) is 25.4 Å². The lowest BCUT2D eigenvalue weighted by Gasteiger charge is -2.22. The molecule has 1 aromatic heterocycles. The van der Waals surface area contributed by atoms with Crippen LogP contribution in [-0.4, -0.2) is 44.9 Å². The first-order valence-electron chi connectivity index (χ1n) is 10.6. The summed E-state index contributed by atoms with van der Waals surface area (Å²) in [7, 11) is 0. The molecule has 10 heteroatoms. The van der Waals surface area contributed by atoms with Crippen LogP contribution in [0.15, 0.2) is 23.4 Å². The minimum atomic E-state index is -0.227. The van der Waals surface area contributed by atoms with Crippen molar-refractivity contribution in [2.45, 2.75) is 63.2 Å². The zero-order chi connectivity index (χ0) is 22.2. The first-order valence-corrected chi connectivity index (χ1v) is 12.3. The van der Waals surface area contributed by atoms with Crippen LogP contribution in [0.25, 0.3) is 0 Å². The molecule has 7 nitrogen and oxygen atoms in total. The molecule has 168 valence electrons. The third kappa shape index (κ3) is 6.85. The van der Waals surface area contributed by atoms with Crippen LogP contribution in [0.3, 0.4) is 0 Å². The van der Waals surface area contributed by atoms with Crippen LogP contribution in [0.5, 0.6) is 0 Å². The van der Waals surface area contributed by atoms with Gasteiger partial charge in [0.1, 0.15) is 5.82 Å². The first-order chi connectivity index (χ1) is 15.0. The minimum absolute atomic E-state index is 0.0398. The predicted molar refractivity (Wildman–Crippen MR) is 124 cm³/mol. The number of thioether (sulfide) groups is 1. The highest BCUT2D eigenvalue weighted by Crippen LogP contribution is 2.23. The smallest absolute Gasteiger partial charge is 0.251 e. The van der Waals surface area contributed by atoms with Crippen molar-refractivity contribution in [3.05, 3.63) is 39.6 Å². The molecule has 1 fully saturated rings. The van der Waals surface area contributed by atoms with Crippen LogP contribution in [0, 0.1) is 0 Å². The van der Waals surface area contributed by atoms with Gasteiger partial charge in [0.25, 0.3) is 5.91 Å². The molecular formula is C21H27Cl2N5O2S. The number of halogens is 2. The van der Waals surface area contributed by atoms with Crippen LogP contribution in [-0.2, 0) is 17.8 Å². The summed E-state index contributed by atoms with van der Waals surface area (Å²) in [6, 6.07) is 5.08. The highest BCUT2D eigenvalue weighted by atomic mass is 35.5. The lowest BCUT2D eigenvalue weighted by atomic mass is 9.95. The fourth-order valence-corrected chi connectivity index (χ4v) is 4.73. The van der Waals surface area contributed by atoms with Crippen molar-refractivity contribution in [2.24, 2.45) is 0 Å². The molecule has 0 unspecified atom stereocenters. The van der Waals surface area contributed by atoms with E-state index in [9.17, 15) is 9.59 Å². The van der Waals surface area contributed by atoms with E-state index in [0.29, 0.717) is 52.1 Å². The summed E-state index contributed by atoms with van der Waals surface area (Å²) in [6.07, 6.45) is 6.31. The quantitative estimate of drug-likeness (QED) is 0.523. The maximum atomic E-state index is 12.3. The second kappa shape index (κ2) is 11.7. The van der Waals surface area contributed by atoms with E-state index in [1.165, 1.54) is 31.0 Å². The molecule has 0 saturated heterocycles. The van der Waals surface area contributed by atoms with Crippen molar-refractivity contribution < 1.29 is 9.59 Å². The molecule has 0 bridgehead atoms. The van der Waals surface area contributed by atoms with Gasteiger partial charge in [-0.05, 0) is 38.0 Å². The molecule has 2 N–H and O–H groups in total. The fourth-order valence-electron chi connectivity index (χ4n) is 3.60. The van der Waals surface area contributed by atoms with Gasteiger partial charge in [0, 0.05) is 31.1 Å². The molecule has 3 rings (SSSR count). The summed E-state index contributed by atoms with van der Waals surface area (Å²) < 4.78 is 1.98. The van der Waals surface area contributed by atoms with E-state index in [4.69, 9.17) is 23.2 Å². The standard InChI is InChI=1S/C21H27Cl2N5O2S/c1-2-28-18(10-11-24-20(30)14-8-9-16(22)17(23)12-14)26-27-21(28)31-13-19(29)25-15-6-4-3-5-7-15/h8-9,12,15H,2-7,10-11,13H2,1H3,(H,24,30)(H,25,29). The molecule has 31 heavy (non-hydrogen) atoms. The summed E-state index contributed by atoms with van der Waals surface area (Å²) in [5, 5.41) is 15.9. The van der Waals surface area contributed by atoms with Gasteiger partial charge in [-0.1, -0.05) is 54.2 Å². The van der Waals surface area contributed by atoms with Crippen LogP contribution < -0.4 is 10.6 Å². The Balaban J connectivity index is 1.48. The van der Waals surface area contributed by atoms with E-state index in [0.717, 1.165) is 18.7 Å². The van der Waals surface area contributed by atoms with E-state index in [1.54, 1.807) is 18.2 Å². The van der Waals surface area contributed by atoms with Gasteiger partial charge in [-0.3, -0.25) is 9.59 Å². The molecule has 1 aliphatic carbocycles. The molecule has 0 atom stereocenters. The molecular weight excluding hydrogens is 457 g/mol. The number of amides is 2. The van der Waals surface area contributed by atoms with Crippen LogP contribution in [0.4, 0.5) is 0 Å². The Kier molecular flexibility index (Phi) is 9.04. The van der Waals surface area contributed by atoms with E-state index >= 15 is 0 Å². The van der Waals surface area contributed by atoms with Crippen LogP contribution >= 0.6 is 35.0 Å². The molecule has 1 saturated carbocycles. The lowest BCUT2D eigenvalue weighted by molar-refractivity contribution is -0.119. The summed E-state index contributed by atoms with van der Waals surface area (Å²) in [6.45, 7) is 3.10. The van der Waals surface area contributed by atoms with Gasteiger partial charge in [0.2, 0.25) is 5.91 Å². The molecule has 0 spiro atoms. The second-order valence-corrected chi connectivity index (χ2v) is 9.23. The number of nitrogens with zero attached hydrogens (tertiary/aromatic N) is 3. The third-order valence-electron chi connectivity index (χ3n) is 5.23. The van der Waals surface area contributed by atoms with Gasteiger partial charge in [-0.2, -0.15) is 0 Å². The monoisotopic (exact) mass is 483 g/mol. The second-order valence-electron chi connectivity index (χ2n) is 7.47. The summed E-state index contributed by atoms with van der Waals surface area (Å²) >= 11 is 13.3. The van der Waals surface area contributed by atoms with Crippen molar-refractivity contribution in [3.8, 4) is 0 Å². The van der Waals surface area contributed by atoms with Gasteiger partial charge >= 0.3 is 0 Å². The van der Waals surface area contributed by atoms with E-state index in [2.05, 4.69) is 20.8 Å². The Labute approximate surface area is 196 Å². The lowest BCUT2D eigenvalue weighted by Crippen LogP contribution is -2.37. The number of nitrogens with one attached hydrogen (secondary N) is 2. The summed E-state index contributed by atoms with van der Waals surface area (Å²) in [5.74, 6) is 0.906. The van der Waals surface area contributed by atoms with Crippen LogP contribution in [0.1, 0.15) is 55.2 Å². The number of hydrogen-bond acceptors (Lipinski definition) is 5. The molecule has 1 aromatic carbocycles. The third-order valence-corrected chi connectivity index (χ3v) is 6.93. The van der Waals surface area contributed by atoms with Gasteiger partial charge in [0.15, 0.2) is 5.16 Å². The predicted octanol–water partition coefficient (Wildman–Crippen LogP) is 4.12. The Morgan fingerprint density at radius 3 is 2.65 bits per heavy atom. The Hall–Kier alpha value is -1.77. The number of rotatable bonds is 9. The maximum Gasteiger partial charge on any atom is 0.251 e. The highest BCUT2D eigenvalue weighted by molar-refractivity contribution is 7.99. The Morgan fingerprint density at radius 1 is 1.16 bits per heavy atom. The Bertz CT molecular complexity index is 915. The fraction of sp³-hybridized carbons (Fsp3) is 0.524. The van der Waals surface area contributed by atoms with E-state index < -0.39 is 0 Å². The number of carbonyl (C=O) groups excluding carboxylic acids is 2. The molecule has 2 amide bonds. The van der Waals surface area contributed by atoms with Gasteiger partial charge in [-0.15, -0.1) is 10.2 Å². The van der Waals surface area contributed by atoms with Crippen LogP contribution in [0.2, 0.25) is 10.0 Å². The Morgan fingerprint density at radius 2 is 1.94 bits per heavy atom.